The molecular weight excluding hydrogens is 246 g/mol. The van der Waals surface area contributed by atoms with Gasteiger partial charge in [-0.3, -0.25) is 4.79 Å². The molecule has 2 nitrogen and oxygen atoms in total. The second-order valence-electron chi connectivity index (χ2n) is 4.03. The lowest BCUT2D eigenvalue weighted by atomic mass is 10.2. The molecule has 0 aliphatic heterocycles. The van der Waals surface area contributed by atoms with Gasteiger partial charge in [0.1, 0.15) is 0 Å². The highest BCUT2D eigenvalue weighted by atomic mass is 32.2. The van der Waals surface area contributed by atoms with Crippen molar-refractivity contribution in [2.24, 2.45) is 5.92 Å². The molecule has 1 aromatic carbocycles. The Hall–Kier alpha value is -1.10. The predicted octanol–water partition coefficient (Wildman–Crippen LogP) is 3.65. The van der Waals surface area contributed by atoms with Gasteiger partial charge >= 0.3 is 5.97 Å². The maximum atomic E-state index is 13.4. The van der Waals surface area contributed by atoms with Crippen molar-refractivity contribution in [2.45, 2.75) is 30.4 Å². The van der Waals surface area contributed by atoms with Gasteiger partial charge in [-0.25, -0.2) is 0 Å². The fourth-order valence-electron chi connectivity index (χ4n) is 1.12. The number of hydrogen-bond acceptors (Lipinski definition) is 2. The number of benzene rings is 1. The molecule has 0 saturated carbocycles. The molecular formula is C12H14F2O2S. The van der Waals surface area contributed by atoms with Crippen molar-refractivity contribution in [3.05, 3.63) is 29.8 Å². The zero-order valence-electron chi connectivity index (χ0n) is 9.61. The fourth-order valence-corrected chi connectivity index (χ4v) is 1.95. The lowest BCUT2D eigenvalue weighted by Crippen LogP contribution is -2.18. The lowest BCUT2D eigenvalue weighted by molar-refractivity contribution is -0.136. The van der Waals surface area contributed by atoms with Crippen molar-refractivity contribution in [2.75, 3.05) is 0 Å². The number of alkyl halides is 2. The van der Waals surface area contributed by atoms with Gasteiger partial charge < -0.3 is 5.11 Å². The summed E-state index contributed by atoms with van der Waals surface area (Å²) >= 11 is 0.501. The van der Waals surface area contributed by atoms with Gasteiger partial charge in [0.25, 0.3) is 5.25 Å². The highest BCUT2D eigenvalue weighted by Gasteiger charge is 2.34. The fraction of sp³-hybridized carbons (Fsp3) is 0.417. The molecule has 0 aromatic heterocycles. The van der Waals surface area contributed by atoms with E-state index in [4.69, 9.17) is 5.11 Å². The van der Waals surface area contributed by atoms with E-state index in [2.05, 4.69) is 0 Å². The Morgan fingerprint density at radius 3 is 2.29 bits per heavy atom. The highest BCUT2D eigenvalue weighted by molar-refractivity contribution is 8.00. The van der Waals surface area contributed by atoms with Crippen LogP contribution in [-0.2, 0) is 11.2 Å². The summed E-state index contributed by atoms with van der Waals surface area (Å²) in [7, 11) is 0. The van der Waals surface area contributed by atoms with E-state index in [1.165, 1.54) is 26.0 Å². The van der Waals surface area contributed by atoms with Crippen molar-refractivity contribution in [1.82, 2.24) is 0 Å². The van der Waals surface area contributed by atoms with Gasteiger partial charge in [-0.15, -0.1) is 0 Å². The molecule has 1 aromatic rings. The van der Waals surface area contributed by atoms with Crippen LogP contribution in [0.15, 0.2) is 29.2 Å². The number of carboxylic acids is 1. The Morgan fingerprint density at radius 1 is 1.35 bits per heavy atom. The molecule has 0 saturated heterocycles. The molecule has 0 radical (unpaired) electrons. The van der Waals surface area contributed by atoms with Gasteiger partial charge in [-0.1, -0.05) is 37.7 Å². The van der Waals surface area contributed by atoms with Gasteiger partial charge in [-0.2, -0.15) is 8.78 Å². The van der Waals surface area contributed by atoms with E-state index in [0.29, 0.717) is 22.2 Å². The monoisotopic (exact) mass is 260 g/mol. The van der Waals surface area contributed by atoms with Crippen molar-refractivity contribution in [3.63, 3.8) is 0 Å². The van der Waals surface area contributed by atoms with Crippen LogP contribution >= 0.6 is 11.8 Å². The Labute approximate surface area is 103 Å². The van der Waals surface area contributed by atoms with E-state index in [-0.39, 0.29) is 6.42 Å². The maximum Gasteiger partial charge on any atom is 0.307 e. The third-order valence-corrected chi connectivity index (χ3v) is 3.46. The topological polar surface area (TPSA) is 37.3 Å². The summed E-state index contributed by atoms with van der Waals surface area (Å²) in [6, 6.07) is 6.18. The molecule has 0 heterocycles. The first-order valence-electron chi connectivity index (χ1n) is 5.19. The van der Waals surface area contributed by atoms with Crippen LogP contribution in [0.3, 0.4) is 0 Å². The summed E-state index contributed by atoms with van der Waals surface area (Å²) in [4.78, 5) is 10.9. The maximum absolute atomic E-state index is 13.4. The second kappa shape index (κ2) is 5.49. The van der Waals surface area contributed by atoms with E-state index in [1.807, 2.05) is 0 Å². The number of rotatable bonds is 5. The molecule has 1 N–H and O–H groups in total. The molecule has 0 aliphatic rings. The first-order chi connectivity index (χ1) is 7.81. The molecule has 0 unspecified atom stereocenters. The number of aliphatic carboxylic acids is 1. The van der Waals surface area contributed by atoms with E-state index in [9.17, 15) is 13.6 Å². The summed E-state index contributed by atoms with van der Waals surface area (Å²) in [5.41, 5.74) is 0.606. The largest absolute Gasteiger partial charge is 0.481 e. The summed E-state index contributed by atoms with van der Waals surface area (Å²) in [6.45, 7) is 2.93. The Bertz CT molecular complexity index is 388. The summed E-state index contributed by atoms with van der Waals surface area (Å²) < 4.78 is 26.8. The third kappa shape index (κ3) is 4.34. The molecule has 0 amide bonds. The molecule has 0 bridgehead atoms. The third-order valence-electron chi connectivity index (χ3n) is 2.20. The molecule has 0 atom stereocenters. The predicted molar refractivity (Wildman–Crippen MR) is 63.4 cm³/mol. The molecule has 0 spiro atoms. The van der Waals surface area contributed by atoms with Crippen molar-refractivity contribution in [3.8, 4) is 0 Å². The van der Waals surface area contributed by atoms with Crippen LogP contribution in [0.1, 0.15) is 19.4 Å². The minimum atomic E-state index is -2.81. The zero-order chi connectivity index (χ0) is 13.1. The summed E-state index contributed by atoms with van der Waals surface area (Å²) in [5, 5.41) is 5.76. The quantitative estimate of drug-likeness (QED) is 0.821. The van der Waals surface area contributed by atoms with E-state index < -0.39 is 17.1 Å². The van der Waals surface area contributed by atoms with Gasteiger partial charge in [0, 0.05) is 10.8 Å². The smallest absolute Gasteiger partial charge is 0.307 e. The van der Waals surface area contributed by atoms with Gasteiger partial charge in [0.2, 0.25) is 0 Å². The Kier molecular flexibility index (Phi) is 4.51. The second-order valence-corrected chi connectivity index (χ2v) is 5.25. The van der Waals surface area contributed by atoms with Gasteiger partial charge in [0.05, 0.1) is 6.42 Å². The van der Waals surface area contributed by atoms with Crippen molar-refractivity contribution >= 4 is 17.7 Å². The number of halogens is 2. The van der Waals surface area contributed by atoms with Crippen molar-refractivity contribution in [1.29, 1.82) is 0 Å². The van der Waals surface area contributed by atoms with E-state index in [1.54, 1.807) is 12.1 Å². The van der Waals surface area contributed by atoms with Gasteiger partial charge in [0.15, 0.2) is 0 Å². The Balaban J connectivity index is 2.72. The van der Waals surface area contributed by atoms with Crippen LogP contribution in [0.2, 0.25) is 0 Å². The first-order valence-corrected chi connectivity index (χ1v) is 6.00. The minimum absolute atomic E-state index is 0.0917. The number of carbonyl (C=O) groups is 1. The van der Waals surface area contributed by atoms with Crippen LogP contribution in [0, 0.1) is 5.92 Å². The Morgan fingerprint density at radius 2 is 1.88 bits per heavy atom. The number of thioether (sulfide) groups is 1. The SMILES string of the molecule is CC(C)C(F)(F)Sc1ccc(CC(=O)O)cc1. The molecule has 17 heavy (non-hydrogen) atoms. The molecule has 1 rings (SSSR count). The van der Waals surface area contributed by atoms with Crippen LogP contribution in [0.4, 0.5) is 8.78 Å². The number of hydrogen-bond donors (Lipinski definition) is 1. The van der Waals surface area contributed by atoms with Crippen LogP contribution in [0.5, 0.6) is 0 Å². The van der Waals surface area contributed by atoms with E-state index in [0.717, 1.165) is 0 Å². The highest BCUT2D eigenvalue weighted by Crippen LogP contribution is 2.41. The summed E-state index contributed by atoms with van der Waals surface area (Å²) in [5.74, 6) is -1.68. The standard InChI is InChI=1S/C12H14F2O2S/c1-8(2)12(13,14)17-10-5-3-9(4-6-10)7-11(15)16/h3-6,8H,7H2,1-2H3,(H,15,16). The molecule has 0 fully saturated rings. The normalized spacial score (nSPS) is 11.8. The first kappa shape index (κ1) is 14.0. The van der Waals surface area contributed by atoms with E-state index >= 15 is 0 Å². The minimum Gasteiger partial charge on any atom is -0.481 e. The summed E-state index contributed by atoms with van der Waals surface area (Å²) in [6.07, 6.45) is -0.0917. The zero-order valence-corrected chi connectivity index (χ0v) is 10.4. The van der Waals surface area contributed by atoms with Crippen LogP contribution < -0.4 is 0 Å². The lowest BCUT2D eigenvalue weighted by Gasteiger charge is -2.19. The molecule has 5 heteroatoms. The van der Waals surface area contributed by atoms with Crippen molar-refractivity contribution < 1.29 is 18.7 Å². The molecule has 0 aliphatic carbocycles. The van der Waals surface area contributed by atoms with Gasteiger partial charge in [-0.05, 0) is 17.7 Å². The van der Waals surface area contributed by atoms with Crippen LogP contribution in [0.25, 0.3) is 0 Å². The number of carboxylic acid groups (broad SMARTS) is 1. The molecule has 94 valence electrons. The average Bonchev–Trinajstić information content (AvgIpc) is 2.19. The van der Waals surface area contributed by atoms with Crippen LogP contribution in [-0.4, -0.2) is 16.3 Å². The average molecular weight is 260 g/mol.